The van der Waals surface area contributed by atoms with Gasteiger partial charge in [-0.05, 0) is 92.1 Å². The van der Waals surface area contributed by atoms with Crippen molar-refractivity contribution in [3.8, 4) is 17.0 Å². The monoisotopic (exact) mass is 336 g/mol. The molecule has 3 heteroatoms. The second kappa shape index (κ2) is 7.17. The number of phenols is 1. The molecule has 25 heavy (non-hydrogen) atoms. The predicted octanol–water partition coefficient (Wildman–Crippen LogP) is 4.88. The highest BCUT2D eigenvalue weighted by molar-refractivity contribution is 5.65. The van der Waals surface area contributed by atoms with Crippen molar-refractivity contribution in [2.45, 2.75) is 57.9 Å². The third kappa shape index (κ3) is 3.72. The third-order valence-electron chi connectivity index (χ3n) is 5.50. The van der Waals surface area contributed by atoms with Gasteiger partial charge in [-0.1, -0.05) is 13.3 Å². The second-order valence-corrected chi connectivity index (χ2v) is 7.62. The minimum atomic E-state index is 0.452. The molecule has 1 saturated heterocycles. The maximum absolute atomic E-state index is 10.6. The summed E-state index contributed by atoms with van der Waals surface area (Å²) in [6.07, 6.45) is 9.07. The molecule has 1 saturated carbocycles. The van der Waals surface area contributed by atoms with E-state index in [2.05, 4.69) is 35.0 Å². The van der Waals surface area contributed by atoms with Crippen LogP contribution in [0.3, 0.4) is 0 Å². The predicted molar refractivity (Wildman–Crippen MR) is 102 cm³/mol. The van der Waals surface area contributed by atoms with Crippen molar-refractivity contribution in [1.29, 1.82) is 0 Å². The van der Waals surface area contributed by atoms with Crippen LogP contribution in [0.4, 0.5) is 0 Å². The van der Waals surface area contributed by atoms with Gasteiger partial charge in [0.15, 0.2) is 0 Å². The Morgan fingerprint density at radius 2 is 1.96 bits per heavy atom. The Morgan fingerprint density at radius 3 is 2.68 bits per heavy atom. The fraction of sp³-hybridized carbons (Fsp3) is 0.500. The molecule has 1 N–H and O–H groups in total. The molecule has 2 aromatic rings. The molecule has 3 nitrogen and oxygen atoms in total. The van der Waals surface area contributed by atoms with Gasteiger partial charge in [-0.15, -0.1) is 0 Å². The minimum absolute atomic E-state index is 0.452. The average molecular weight is 336 g/mol. The second-order valence-electron chi connectivity index (χ2n) is 7.62. The molecule has 2 aliphatic rings. The summed E-state index contributed by atoms with van der Waals surface area (Å²) < 4.78 is 0. The first-order valence-corrected chi connectivity index (χ1v) is 9.78. The minimum Gasteiger partial charge on any atom is -0.508 e. The van der Waals surface area contributed by atoms with Crippen molar-refractivity contribution in [2.24, 2.45) is 0 Å². The molecule has 1 aliphatic heterocycles. The van der Waals surface area contributed by atoms with Crippen molar-refractivity contribution < 1.29 is 5.11 Å². The maximum atomic E-state index is 10.6. The van der Waals surface area contributed by atoms with E-state index >= 15 is 0 Å². The summed E-state index contributed by atoms with van der Waals surface area (Å²) in [5.41, 5.74) is 5.86. The van der Waals surface area contributed by atoms with Crippen LogP contribution in [-0.4, -0.2) is 28.1 Å². The Balaban J connectivity index is 1.64. The van der Waals surface area contributed by atoms with Crippen molar-refractivity contribution in [3.63, 3.8) is 0 Å². The standard InChI is InChI=1S/C22H28N2O/c1-2-5-19-20(17-6-7-17)13-18(14-22(19)25)21-12-16(8-9-23-21)15-24-10-3-4-11-24/h8-9,12-14,17,25H,2-7,10-11,15H2,1H3. The van der Waals surface area contributed by atoms with Gasteiger partial charge in [-0.3, -0.25) is 9.88 Å². The first kappa shape index (κ1) is 16.6. The molecule has 0 bridgehead atoms. The van der Waals surface area contributed by atoms with Gasteiger partial charge in [0.25, 0.3) is 0 Å². The van der Waals surface area contributed by atoms with Crippen LogP contribution in [0.5, 0.6) is 5.75 Å². The van der Waals surface area contributed by atoms with Crippen molar-refractivity contribution >= 4 is 0 Å². The summed E-state index contributed by atoms with van der Waals surface area (Å²) in [6.45, 7) is 5.59. The highest BCUT2D eigenvalue weighted by Gasteiger charge is 2.28. The van der Waals surface area contributed by atoms with E-state index in [0.29, 0.717) is 11.7 Å². The molecule has 0 atom stereocenters. The molecule has 0 unspecified atom stereocenters. The number of nitrogens with zero attached hydrogens (tertiary/aromatic N) is 2. The molecule has 0 spiro atoms. The molecule has 1 aromatic carbocycles. The SMILES string of the molecule is CCCc1c(O)cc(-c2cc(CN3CCCC3)ccn2)cc1C1CC1. The number of aromatic hydroxyl groups is 1. The molecule has 1 aliphatic carbocycles. The molecule has 0 amide bonds. The lowest BCUT2D eigenvalue weighted by molar-refractivity contribution is 0.331. The van der Waals surface area contributed by atoms with Gasteiger partial charge < -0.3 is 5.11 Å². The van der Waals surface area contributed by atoms with Crippen LogP contribution in [-0.2, 0) is 13.0 Å². The fourth-order valence-corrected chi connectivity index (χ4v) is 4.04. The number of benzene rings is 1. The highest BCUT2D eigenvalue weighted by atomic mass is 16.3. The van der Waals surface area contributed by atoms with Gasteiger partial charge in [-0.25, -0.2) is 0 Å². The van der Waals surface area contributed by atoms with Gasteiger partial charge in [0.1, 0.15) is 5.75 Å². The van der Waals surface area contributed by atoms with Crippen LogP contribution >= 0.6 is 0 Å². The van der Waals surface area contributed by atoms with Crippen LogP contribution in [0, 0.1) is 0 Å². The van der Waals surface area contributed by atoms with Gasteiger partial charge in [0.05, 0.1) is 5.69 Å². The van der Waals surface area contributed by atoms with E-state index in [4.69, 9.17) is 0 Å². The molecule has 2 fully saturated rings. The Hall–Kier alpha value is -1.87. The number of rotatable bonds is 6. The Bertz CT molecular complexity index is 746. The molecule has 4 rings (SSSR count). The maximum Gasteiger partial charge on any atom is 0.119 e. The number of phenolic OH excluding ortho intramolecular Hbond substituents is 1. The summed E-state index contributed by atoms with van der Waals surface area (Å²) in [6, 6.07) is 8.52. The Kier molecular flexibility index (Phi) is 4.76. The summed E-state index contributed by atoms with van der Waals surface area (Å²) in [5.74, 6) is 1.09. The normalized spacial score (nSPS) is 18.0. The number of hydrogen-bond acceptors (Lipinski definition) is 3. The van der Waals surface area contributed by atoms with Crippen molar-refractivity contribution in [2.75, 3.05) is 13.1 Å². The summed E-state index contributed by atoms with van der Waals surface area (Å²) in [7, 11) is 0. The van der Waals surface area contributed by atoms with Gasteiger partial charge in [0.2, 0.25) is 0 Å². The highest BCUT2D eigenvalue weighted by Crippen LogP contribution is 2.45. The van der Waals surface area contributed by atoms with E-state index in [-0.39, 0.29) is 0 Å². The summed E-state index contributed by atoms with van der Waals surface area (Å²) >= 11 is 0. The molecular formula is C22H28N2O. The topological polar surface area (TPSA) is 36.4 Å². The molecule has 132 valence electrons. The lowest BCUT2D eigenvalue weighted by Crippen LogP contribution is -2.18. The van der Waals surface area contributed by atoms with Gasteiger partial charge in [0, 0.05) is 18.3 Å². The van der Waals surface area contributed by atoms with Crippen LogP contribution < -0.4 is 0 Å². The van der Waals surface area contributed by atoms with Crippen LogP contribution in [0.15, 0.2) is 30.5 Å². The quantitative estimate of drug-likeness (QED) is 0.817. The number of aromatic nitrogens is 1. The van der Waals surface area contributed by atoms with Gasteiger partial charge in [-0.2, -0.15) is 0 Å². The van der Waals surface area contributed by atoms with E-state index < -0.39 is 0 Å². The Morgan fingerprint density at radius 1 is 1.16 bits per heavy atom. The van der Waals surface area contributed by atoms with E-state index in [1.165, 1.54) is 49.9 Å². The smallest absolute Gasteiger partial charge is 0.119 e. The number of likely N-dealkylation sites (tertiary alicyclic amines) is 1. The molecule has 1 aromatic heterocycles. The summed E-state index contributed by atoms with van der Waals surface area (Å²) in [5, 5.41) is 10.6. The largest absolute Gasteiger partial charge is 0.508 e. The van der Waals surface area contributed by atoms with E-state index in [9.17, 15) is 5.11 Å². The van der Waals surface area contributed by atoms with E-state index in [1.54, 1.807) is 0 Å². The number of pyridine rings is 1. The third-order valence-corrected chi connectivity index (χ3v) is 5.50. The van der Waals surface area contributed by atoms with Crippen molar-refractivity contribution in [3.05, 3.63) is 47.2 Å². The Labute approximate surface area is 150 Å². The zero-order chi connectivity index (χ0) is 17.2. The number of hydrogen-bond donors (Lipinski definition) is 1. The van der Waals surface area contributed by atoms with Crippen molar-refractivity contribution in [1.82, 2.24) is 9.88 Å². The fourth-order valence-electron chi connectivity index (χ4n) is 4.04. The molecular weight excluding hydrogens is 308 g/mol. The lowest BCUT2D eigenvalue weighted by Gasteiger charge is -2.16. The van der Waals surface area contributed by atoms with E-state index in [0.717, 1.165) is 36.2 Å². The van der Waals surface area contributed by atoms with Gasteiger partial charge >= 0.3 is 0 Å². The van der Waals surface area contributed by atoms with Crippen LogP contribution in [0.25, 0.3) is 11.3 Å². The first-order valence-electron chi connectivity index (χ1n) is 9.78. The molecule has 2 heterocycles. The first-order chi connectivity index (χ1) is 12.2. The zero-order valence-corrected chi connectivity index (χ0v) is 15.2. The molecule has 0 radical (unpaired) electrons. The lowest BCUT2D eigenvalue weighted by atomic mass is 9.94. The van der Waals surface area contributed by atoms with Crippen LogP contribution in [0.2, 0.25) is 0 Å². The van der Waals surface area contributed by atoms with Crippen LogP contribution in [0.1, 0.15) is 61.6 Å². The van der Waals surface area contributed by atoms with E-state index in [1.807, 2.05) is 12.3 Å². The summed E-state index contributed by atoms with van der Waals surface area (Å²) in [4.78, 5) is 7.10. The average Bonchev–Trinajstić information content (AvgIpc) is 3.34. The zero-order valence-electron chi connectivity index (χ0n) is 15.2.